The molecule has 12 unspecified atom stereocenters. The van der Waals surface area contributed by atoms with Crippen LogP contribution in [0.25, 0.3) is 11.1 Å². The minimum absolute atomic E-state index is 0.0000755. The normalized spacial score (nSPS) is 30.4. The van der Waals surface area contributed by atoms with Crippen molar-refractivity contribution in [2.75, 3.05) is 13.7 Å². The van der Waals surface area contributed by atoms with E-state index < -0.39 is 154 Å². The Kier molecular flexibility index (Phi) is 10.9. The first-order valence-electron chi connectivity index (χ1n) is 18.3. The molecule has 0 radical (unpaired) electrons. The van der Waals surface area contributed by atoms with Crippen LogP contribution in [-0.2, 0) is 23.7 Å². The third kappa shape index (κ3) is 6.76. The number of nitrogens with one attached hydrogen (secondary N) is 1. The van der Waals surface area contributed by atoms with Gasteiger partial charge in [0.05, 0.1) is 36.5 Å². The molecule has 12 atom stereocenters. The van der Waals surface area contributed by atoms with E-state index in [0.717, 1.165) is 12.1 Å². The van der Waals surface area contributed by atoms with Gasteiger partial charge in [0.2, 0.25) is 0 Å². The van der Waals surface area contributed by atoms with Crippen LogP contribution in [0.2, 0.25) is 0 Å². The molecule has 0 aromatic heterocycles. The molecule has 316 valence electrons. The fraction of sp³-hybridized carbons (Fsp3) is 0.436. The van der Waals surface area contributed by atoms with E-state index in [1.54, 1.807) is 0 Å². The van der Waals surface area contributed by atoms with Crippen LogP contribution in [0.5, 0.6) is 23.0 Å². The summed E-state index contributed by atoms with van der Waals surface area (Å²) in [7, 11) is 1.25. The van der Waals surface area contributed by atoms with Crippen molar-refractivity contribution in [2.24, 2.45) is 0 Å². The van der Waals surface area contributed by atoms with Crippen molar-refractivity contribution in [2.45, 2.75) is 94.3 Å². The SMILES string of the molecule is COc1cc(O)c2c(c1)C(=O)c1c(cc3c(c1O)-c1c(cc(C)c(C(=O)NC(C)C(=O)O)c1O)C(OC1OC(C)C(O)C(OC4OCC(O)C(O)C4O)C1O)C3O)C2=O. The van der Waals surface area contributed by atoms with Crippen molar-refractivity contribution in [3.63, 3.8) is 0 Å². The third-order valence-corrected chi connectivity index (χ3v) is 11.0. The van der Waals surface area contributed by atoms with Crippen LogP contribution >= 0.6 is 0 Å². The van der Waals surface area contributed by atoms with E-state index in [1.807, 2.05) is 0 Å². The zero-order chi connectivity index (χ0) is 43.1. The molecule has 2 aliphatic heterocycles. The molecule has 2 saturated heterocycles. The molecule has 11 N–H and O–H groups in total. The number of hydrogen-bond acceptors (Lipinski definition) is 18. The highest BCUT2D eigenvalue weighted by Gasteiger charge is 2.51. The Hall–Kier alpha value is -5.26. The maximum absolute atomic E-state index is 14.0. The lowest BCUT2D eigenvalue weighted by molar-refractivity contribution is -0.353. The van der Waals surface area contributed by atoms with Gasteiger partial charge in [0, 0.05) is 28.3 Å². The number of fused-ring (bicyclic) bond motifs is 5. The number of rotatable bonds is 8. The summed E-state index contributed by atoms with van der Waals surface area (Å²) in [5.41, 5.74) is -3.66. The van der Waals surface area contributed by atoms with Gasteiger partial charge in [0.15, 0.2) is 24.1 Å². The second kappa shape index (κ2) is 15.4. The van der Waals surface area contributed by atoms with Gasteiger partial charge in [0.25, 0.3) is 5.91 Å². The largest absolute Gasteiger partial charge is 0.507 e. The maximum atomic E-state index is 14.0. The zero-order valence-electron chi connectivity index (χ0n) is 31.6. The number of aliphatic carboxylic acids is 1. The number of benzene rings is 3. The number of phenols is 3. The lowest BCUT2D eigenvalue weighted by Gasteiger charge is -2.45. The first-order chi connectivity index (χ1) is 27.8. The van der Waals surface area contributed by atoms with Gasteiger partial charge in [-0.2, -0.15) is 0 Å². The Balaban J connectivity index is 1.36. The van der Waals surface area contributed by atoms with Crippen molar-refractivity contribution in [3.05, 3.63) is 68.8 Å². The average Bonchev–Trinajstić information content (AvgIpc) is 3.18. The molecule has 3 aromatic carbocycles. The summed E-state index contributed by atoms with van der Waals surface area (Å²) in [5, 5.41) is 111. The Morgan fingerprint density at radius 2 is 1.44 bits per heavy atom. The van der Waals surface area contributed by atoms with Gasteiger partial charge in [-0.25, -0.2) is 0 Å². The van der Waals surface area contributed by atoms with Crippen LogP contribution in [-0.4, -0.2) is 150 Å². The van der Waals surface area contributed by atoms with Gasteiger partial charge >= 0.3 is 5.97 Å². The van der Waals surface area contributed by atoms with E-state index in [2.05, 4.69) is 5.32 Å². The summed E-state index contributed by atoms with van der Waals surface area (Å²) in [4.78, 5) is 53.1. The van der Waals surface area contributed by atoms with E-state index >= 15 is 0 Å². The number of carboxylic acid groups (broad SMARTS) is 1. The third-order valence-electron chi connectivity index (χ3n) is 11.0. The molecule has 2 heterocycles. The van der Waals surface area contributed by atoms with Crippen molar-refractivity contribution < 1.29 is 93.9 Å². The number of methoxy groups -OCH3 is 1. The van der Waals surface area contributed by atoms with Gasteiger partial charge < -0.3 is 80.1 Å². The van der Waals surface area contributed by atoms with E-state index in [4.69, 9.17) is 23.7 Å². The summed E-state index contributed by atoms with van der Waals surface area (Å²) in [6.07, 6.45) is -18.6. The van der Waals surface area contributed by atoms with Crippen LogP contribution in [0.3, 0.4) is 0 Å². The Bertz CT molecular complexity index is 2260. The number of aromatic hydroxyl groups is 3. The number of carbonyl (C=O) groups excluding carboxylic acids is 3. The lowest BCUT2D eigenvalue weighted by Crippen LogP contribution is -2.62. The van der Waals surface area contributed by atoms with Gasteiger partial charge in [0.1, 0.15) is 77.9 Å². The number of aryl methyl sites for hydroxylation is 1. The zero-order valence-corrected chi connectivity index (χ0v) is 31.6. The Labute approximate surface area is 333 Å². The molecule has 3 aromatic rings. The monoisotopic (exact) mass is 827 g/mol. The second-order valence-corrected chi connectivity index (χ2v) is 14.8. The molecule has 7 rings (SSSR count). The molecular formula is C39H41NO19. The quantitative estimate of drug-likeness (QED) is 0.103. The molecule has 0 bridgehead atoms. The highest BCUT2D eigenvalue weighted by atomic mass is 16.7. The molecule has 20 heteroatoms. The summed E-state index contributed by atoms with van der Waals surface area (Å²) in [6.45, 7) is 3.43. The van der Waals surface area contributed by atoms with Crippen LogP contribution in [0, 0.1) is 6.92 Å². The number of ketones is 2. The van der Waals surface area contributed by atoms with E-state index in [0.29, 0.717) is 0 Å². The molecular weight excluding hydrogens is 786 g/mol. The first kappa shape index (κ1) is 41.9. The molecule has 2 aliphatic carbocycles. The van der Waals surface area contributed by atoms with Crippen molar-refractivity contribution in [1.82, 2.24) is 5.32 Å². The molecule has 0 spiro atoms. The number of ether oxygens (including phenoxy) is 5. The topological polar surface area (TPSA) is 329 Å². The maximum Gasteiger partial charge on any atom is 0.325 e. The number of carboxylic acids is 1. The van der Waals surface area contributed by atoms with Crippen LogP contribution in [0.15, 0.2) is 24.3 Å². The van der Waals surface area contributed by atoms with Gasteiger partial charge in [-0.15, -0.1) is 0 Å². The van der Waals surface area contributed by atoms with Crippen LogP contribution in [0.4, 0.5) is 0 Å². The van der Waals surface area contributed by atoms with Crippen LogP contribution < -0.4 is 10.1 Å². The summed E-state index contributed by atoms with van der Waals surface area (Å²) >= 11 is 0. The van der Waals surface area contributed by atoms with Crippen molar-refractivity contribution in [1.29, 1.82) is 0 Å². The molecule has 2 fully saturated rings. The van der Waals surface area contributed by atoms with E-state index in [1.165, 1.54) is 40.0 Å². The summed E-state index contributed by atoms with van der Waals surface area (Å²) < 4.78 is 28.1. The number of aliphatic hydroxyl groups excluding tert-OH is 6. The number of hydrogen-bond donors (Lipinski definition) is 11. The molecule has 20 nitrogen and oxygen atoms in total. The fourth-order valence-electron chi connectivity index (χ4n) is 7.88. The van der Waals surface area contributed by atoms with Crippen LogP contribution in [0.1, 0.15) is 84.9 Å². The Morgan fingerprint density at radius 1 is 0.797 bits per heavy atom. The highest BCUT2D eigenvalue weighted by Crippen LogP contribution is 2.57. The molecule has 4 aliphatic rings. The standard InChI is InChI=1S/C39H41NO19/c1-10-5-17-23(30(48)20(10)36(52)40-11(2)37(53)54)22-15(8-16-24(31(22)49)27(45)14-6-13(55-4)7-18(41)21(14)26(16)44)28(46)34(17)58-39-33(51)35(25(43)12(3)57-39)59-38-32(50)29(47)19(42)9-56-38/h5-8,11-12,19,25,28-29,32-35,38-39,41-43,46-51H,9H2,1-4H3,(H,40,52)(H,53,54). The number of amides is 1. The number of aliphatic hydroxyl groups is 6. The molecule has 1 amide bonds. The van der Waals surface area contributed by atoms with Crippen molar-refractivity contribution in [3.8, 4) is 34.1 Å². The summed E-state index contributed by atoms with van der Waals surface area (Å²) in [6, 6.07) is 3.12. The average molecular weight is 828 g/mol. The minimum Gasteiger partial charge on any atom is -0.507 e. The van der Waals surface area contributed by atoms with Gasteiger partial charge in [-0.05, 0) is 49.6 Å². The van der Waals surface area contributed by atoms with Crippen molar-refractivity contribution >= 4 is 23.4 Å². The smallest absolute Gasteiger partial charge is 0.325 e. The number of carbonyl (C=O) groups is 4. The molecule has 0 saturated carbocycles. The fourth-order valence-corrected chi connectivity index (χ4v) is 7.88. The first-order valence-corrected chi connectivity index (χ1v) is 18.3. The Morgan fingerprint density at radius 3 is 2.10 bits per heavy atom. The number of phenolic OH excluding ortho intramolecular Hbond substituents is 3. The molecule has 59 heavy (non-hydrogen) atoms. The lowest BCUT2D eigenvalue weighted by atomic mass is 9.74. The summed E-state index contributed by atoms with van der Waals surface area (Å²) in [5.74, 6) is -6.80. The minimum atomic E-state index is -1.96. The highest BCUT2D eigenvalue weighted by molar-refractivity contribution is 6.31. The predicted molar refractivity (Wildman–Crippen MR) is 194 cm³/mol. The van der Waals surface area contributed by atoms with Gasteiger partial charge in [-0.3, -0.25) is 19.2 Å². The van der Waals surface area contributed by atoms with E-state index in [9.17, 15) is 70.2 Å². The van der Waals surface area contributed by atoms with E-state index in [-0.39, 0.29) is 28.0 Å². The van der Waals surface area contributed by atoms with Gasteiger partial charge in [-0.1, -0.05) is 6.07 Å². The predicted octanol–water partition coefficient (Wildman–Crippen LogP) is -0.839. The second-order valence-electron chi connectivity index (χ2n) is 14.8.